The molecule has 0 unspecified atom stereocenters. The molecular weight excluding hydrogens is 292 g/mol. The van der Waals surface area contributed by atoms with E-state index in [1.165, 1.54) is 6.07 Å². The molecule has 2 aromatic carbocycles. The van der Waals surface area contributed by atoms with E-state index in [0.29, 0.717) is 12.1 Å². The van der Waals surface area contributed by atoms with Gasteiger partial charge in [0.1, 0.15) is 5.75 Å². The van der Waals surface area contributed by atoms with Crippen molar-refractivity contribution in [2.45, 2.75) is 13.8 Å². The molecule has 0 spiro atoms. The first kappa shape index (κ1) is 16.5. The Morgan fingerprint density at radius 3 is 2.22 bits per heavy atom. The predicted molar refractivity (Wildman–Crippen MR) is 88.7 cm³/mol. The molecule has 3 N–H and O–H groups in total. The summed E-state index contributed by atoms with van der Waals surface area (Å²) in [6, 6.07) is 11.8. The van der Waals surface area contributed by atoms with Crippen molar-refractivity contribution < 1.29 is 14.7 Å². The number of carbonyl (C=O) groups is 2. The molecule has 5 nitrogen and oxygen atoms in total. The standard InChI is InChI=1S/C18H20N2O3/c1-12-7-8-14(11-13(12)2)17(22)19-9-10-20-18(23)15-5-3-4-6-16(15)21/h3-8,11,21H,9-10H2,1-2H3,(H,19,22)(H,20,23). The van der Waals surface area contributed by atoms with E-state index in [2.05, 4.69) is 10.6 Å². The largest absolute Gasteiger partial charge is 0.507 e. The molecule has 2 aromatic rings. The Hall–Kier alpha value is -2.82. The minimum Gasteiger partial charge on any atom is -0.507 e. The zero-order chi connectivity index (χ0) is 16.8. The lowest BCUT2D eigenvalue weighted by Gasteiger charge is -2.09. The number of nitrogens with one attached hydrogen (secondary N) is 2. The lowest BCUT2D eigenvalue weighted by Crippen LogP contribution is -2.34. The Morgan fingerprint density at radius 1 is 0.913 bits per heavy atom. The van der Waals surface area contributed by atoms with Gasteiger partial charge in [0.15, 0.2) is 0 Å². The van der Waals surface area contributed by atoms with E-state index >= 15 is 0 Å². The van der Waals surface area contributed by atoms with Gasteiger partial charge in [0.25, 0.3) is 11.8 Å². The quantitative estimate of drug-likeness (QED) is 0.740. The monoisotopic (exact) mass is 312 g/mol. The Bertz CT molecular complexity index is 726. The van der Waals surface area contributed by atoms with Gasteiger partial charge in [-0.25, -0.2) is 0 Å². The molecule has 0 saturated carbocycles. The number of hydrogen-bond acceptors (Lipinski definition) is 3. The summed E-state index contributed by atoms with van der Waals surface area (Å²) in [7, 11) is 0. The number of amides is 2. The van der Waals surface area contributed by atoms with Gasteiger partial charge < -0.3 is 15.7 Å². The van der Waals surface area contributed by atoms with E-state index in [0.717, 1.165) is 11.1 Å². The fourth-order valence-corrected chi connectivity index (χ4v) is 2.10. The normalized spacial score (nSPS) is 10.2. The molecule has 120 valence electrons. The molecule has 0 radical (unpaired) electrons. The van der Waals surface area contributed by atoms with Gasteiger partial charge in [-0.3, -0.25) is 9.59 Å². The van der Waals surface area contributed by atoms with E-state index in [9.17, 15) is 14.7 Å². The summed E-state index contributed by atoms with van der Waals surface area (Å²) in [5.41, 5.74) is 3.01. The fourth-order valence-electron chi connectivity index (χ4n) is 2.10. The highest BCUT2D eigenvalue weighted by molar-refractivity contribution is 5.97. The maximum Gasteiger partial charge on any atom is 0.255 e. The molecule has 0 aliphatic carbocycles. The zero-order valence-electron chi connectivity index (χ0n) is 13.2. The highest BCUT2D eigenvalue weighted by Crippen LogP contribution is 2.14. The van der Waals surface area contributed by atoms with Crippen LogP contribution in [-0.2, 0) is 0 Å². The molecule has 5 heteroatoms. The van der Waals surface area contributed by atoms with Crippen LogP contribution in [0, 0.1) is 13.8 Å². The maximum absolute atomic E-state index is 12.0. The molecule has 0 bridgehead atoms. The van der Waals surface area contributed by atoms with Crippen LogP contribution >= 0.6 is 0 Å². The second kappa shape index (κ2) is 7.45. The van der Waals surface area contributed by atoms with Crippen molar-refractivity contribution in [1.29, 1.82) is 0 Å². The SMILES string of the molecule is Cc1ccc(C(=O)NCCNC(=O)c2ccccc2O)cc1C. The summed E-state index contributed by atoms with van der Waals surface area (Å²) in [6.45, 7) is 4.54. The molecule has 0 heterocycles. The zero-order valence-corrected chi connectivity index (χ0v) is 13.2. The summed E-state index contributed by atoms with van der Waals surface area (Å²) >= 11 is 0. The van der Waals surface area contributed by atoms with Gasteiger partial charge in [-0.05, 0) is 49.2 Å². The van der Waals surface area contributed by atoms with Crippen molar-refractivity contribution in [3.8, 4) is 5.75 Å². The van der Waals surface area contributed by atoms with Crippen LogP contribution in [0.2, 0.25) is 0 Å². The molecule has 2 amide bonds. The van der Waals surface area contributed by atoms with Gasteiger partial charge in [0.2, 0.25) is 0 Å². The van der Waals surface area contributed by atoms with Crippen molar-refractivity contribution in [1.82, 2.24) is 10.6 Å². The smallest absolute Gasteiger partial charge is 0.255 e. The van der Waals surface area contributed by atoms with Crippen molar-refractivity contribution in [2.24, 2.45) is 0 Å². The van der Waals surface area contributed by atoms with Gasteiger partial charge in [-0.15, -0.1) is 0 Å². The average Bonchev–Trinajstić information content (AvgIpc) is 2.54. The number of hydrogen-bond donors (Lipinski definition) is 3. The number of phenolic OH excluding ortho intramolecular Hbond substituents is 1. The first-order valence-electron chi connectivity index (χ1n) is 7.40. The highest BCUT2D eigenvalue weighted by atomic mass is 16.3. The summed E-state index contributed by atoms with van der Waals surface area (Å²) < 4.78 is 0. The van der Waals surface area contributed by atoms with E-state index in [1.807, 2.05) is 26.0 Å². The number of rotatable bonds is 5. The van der Waals surface area contributed by atoms with Crippen molar-refractivity contribution >= 4 is 11.8 Å². The molecule has 0 atom stereocenters. The van der Waals surface area contributed by atoms with E-state index in [1.54, 1.807) is 24.3 Å². The van der Waals surface area contributed by atoms with Gasteiger partial charge in [-0.2, -0.15) is 0 Å². The third-order valence-electron chi connectivity index (χ3n) is 3.61. The van der Waals surface area contributed by atoms with Crippen LogP contribution in [-0.4, -0.2) is 30.0 Å². The minimum absolute atomic E-state index is 0.0656. The van der Waals surface area contributed by atoms with Crippen molar-refractivity contribution in [3.63, 3.8) is 0 Å². The third-order valence-corrected chi connectivity index (χ3v) is 3.61. The van der Waals surface area contributed by atoms with E-state index in [4.69, 9.17) is 0 Å². The van der Waals surface area contributed by atoms with E-state index in [-0.39, 0.29) is 29.7 Å². The minimum atomic E-state index is -0.372. The number of para-hydroxylation sites is 1. The van der Waals surface area contributed by atoms with Gasteiger partial charge in [0, 0.05) is 18.7 Å². The second-order valence-corrected chi connectivity index (χ2v) is 5.33. The Kier molecular flexibility index (Phi) is 5.36. The van der Waals surface area contributed by atoms with Crippen LogP contribution in [0.3, 0.4) is 0 Å². The average molecular weight is 312 g/mol. The highest BCUT2D eigenvalue weighted by Gasteiger charge is 2.10. The predicted octanol–water partition coefficient (Wildman–Crippen LogP) is 2.17. The molecule has 23 heavy (non-hydrogen) atoms. The van der Waals surface area contributed by atoms with Crippen LogP contribution in [0.1, 0.15) is 31.8 Å². The first-order chi connectivity index (χ1) is 11.0. The van der Waals surface area contributed by atoms with Crippen molar-refractivity contribution in [3.05, 3.63) is 64.7 Å². The summed E-state index contributed by atoms with van der Waals surface area (Å²) in [6.07, 6.45) is 0. The molecule has 0 fully saturated rings. The van der Waals surface area contributed by atoms with E-state index < -0.39 is 0 Å². The number of carbonyl (C=O) groups excluding carboxylic acids is 2. The number of aromatic hydroxyl groups is 1. The van der Waals surface area contributed by atoms with Crippen molar-refractivity contribution in [2.75, 3.05) is 13.1 Å². The van der Waals surface area contributed by atoms with Crippen LogP contribution < -0.4 is 10.6 Å². The molecule has 0 aliphatic heterocycles. The third kappa shape index (κ3) is 4.32. The van der Waals surface area contributed by atoms with Crippen LogP contribution in [0.4, 0.5) is 0 Å². The molecule has 0 aromatic heterocycles. The second-order valence-electron chi connectivity index (χ2n) is 5.33. The Morgan fingerprint density at radius 2 is 1.57 bits per heavy atom. The number of aryl methyl sites for hydroxylation is 2. The molecule has 0 aliphatic rings. The van der Waals surface area contributed by atoms with Gasteiger partial charge >= 0.3 is 0 Å². The molecule has 0 saturated heterocycles. The van der Waals surface area contributed by atoms with Crippen LogP contribution in [0.5, 0.6) is 5.75 Å². The van der Waals surface area contributed by atoms with Gasteiger partial charge in [0.05, 0.1) is 5.56 Å². The summed E-state index contributed by atoms with van der Waals surface area (Å²) in [4.78, 5) is 23.9. The van der Waals surface area contributed by atoms with Crippen LogP contribution in [0.15, 0.2) is 42.5 Å². The lowest BCUT2D eigenvalue weighted by molar-refractivity contribution is 0.0926. The summed E-state index contributed by atoms with van der Waals surface area (Å²) in [5.74, 6) is -0.613. The summed E-state index contributed by atoms with van der Waals surface area (Å²) in [5, 5.41) is 15.0. The lowest BCUT2D eigenvalue weighted by atomic mass is 10.1. The topological polar surface area (TPSA) is 78.4 Å². The molecule has 2 rings (SSSR count). The Balaban J connectivity index is 1.81. The number of phenols is 1. The maximum atomic E-state index is 12.0. The fraction of sp³-hybridized carbons (Fsp3) is 0.222. The number of benzene rings is 2. The van der Waals surface area contributed by atoms with Gasteiger partial charge in [-0.1, -0.05) is 18.2 Å². The first-order valence-corrected chi connectivity index (χ1v) is 7.40. The van der Waals surface area contributed by atoms with Crippen LogP contribution in [0.25, 0.3) is 0 Å². The molecular formula is C18H20N2O3. The Labute approximate surface area is 135 Å².